The van der Waals surface area contributed by atoms with Crippen molar-refractivity contribution in [3.8, 4) is 0 Å². The van der Waals surface area contributed by atoms with Gasteiger partial charge in [0.1, 0.15) is 0 Å². The number of benzene rings is 1. The average Bonchev–Trinajstić information content (AvgIpc) is 2.89. The van der Waals surface area contributed by atoms with Gasteiger partial charge in [0.25, 0.3) is 0 Å². The molecule has 0 aromatic heterocycles. The summed E-state index contributed by atoms with van der Waals surface area (Å²) in [5, 5.41) is 0. The van der Waals surface area contributed by atoms with E-state index >= 15 is 0 Å². The first-order chi connectivity index (χ1) is 10.1. The summed E-state index contributed by atoms with van der Waals surface area (Å²) in [6.07, 6.45) is 4.94. The number of hydrogen-bond acceptors (Lipinski definition) is 3. The molecule has 1 fully saturated rings. The lowest BCUT2D eigenvalue weighted by molar-refractivity contribution is 0.211. The SMILES string of the molecule is CN1CCC[C@H]1CCN1CCc2ccc(S(=O)O)cc2C1. The van der Waals surface area contributed by atoms with Gasteiger partial charge in [-0.1, -0.05) is 6.07 Å². The largest absolute Gasteiger partial charge is 0.303 e. The molecular formula is C16H24N2O2S. The predicted octanol–water partition coefficient (Wildman–Crippen LogP) is 2.11. The second-order valence-corrected chi connectivity index (χ2v) is 7.24. The third kappa shape index (κ3) is 3.54. The van der Waals surface area contributed by atoms with Crippen molar-refractivity contribution in [1.82, 2.24) is 9.80 Å². The fourth-order valence-electron chi connectivity index (χ4n) is 3.57. The number of likely N-dealkylation sites (tertiary alicyclic amines) is 1. The van der Waals surface area contributed by atoms with Crippen LogP contribution in [0.2, 0.25) is 0 Å². The maximum atomic E-state index is 11.2. The van der Waals surface area contributed by atoms with Crippen LogP contribution in [-0.2, 0) is 24.0 Å². The third-order valence-electron chi connectivity index (χ3n) is 4.92. The quantitative estimate of drug-likeness (QED) is 0.865. The van der Waals surface area contributed by atoms with Crippen LogP contribution in [0.25, 0.3) is 0 Å². The fourth-order valence-corrected chi connectivity index (χ4v) is 3.99. The molecule has 2 aliphatic heterocycles. The van der Waals surface area contributed by atoms with Gasteiger partial charge in [0.05, 0.1) is 4.90 Å². The lowest BCUT2D eigenvalue weighted by Gasteiger charge is -2.30. The summed E-state index contributed by atoms with van der Waals surface area (Å²) in [5.74, 6) is 0. The van der Waals surface area contributed by atoms with Crippen LogP contribution in [0.3, 0.4) is 0 Å². The summed E-state index contributed by atoms with van der Waals surface area (Å²) in [6.45, 7) is 4.38. The molecule has 1 aromatic carbocycles. The molecule has 116 valence electrons. The van der Waals surface area contributed by atoms with Crippen LogP contribution in [0, 0.1) is 0 Å². The Morgan fingerprint density at radius 2 is 2.19 bits per heavy atom. The van der Waals surface area contributed by atoms with Gasteiger partial charge < -0.3 is 9.45 Å². The molecule has 2 heterocycles. The van der Waals surface area contributed by atoms with Crippen molar-refractivity contribution in [2.75, 3.05) is 26.7 Å². The monoisotopic (exact) mass is 308 g/mol. The molecule has 0 spiro atoms. The lowest BCUT2D eigenvalue weighted by Crippen LogP contribution is -2.35. The first-order valence-electron chi connectivity index (χ1n) is 7.79. The molecule has 1 saturated heterocycles. The number of nitrogens with zero attached hydrogens (tertiary/aromatic N) is 2. The van der Waals surface area contributed by atoms with Crippen molar-refractivity contribution in [2.24, 2.45) is 0 Å². The molecule has 1 aromatic rings. The molecule has 0 aliphatic carbocycles. The molecule has 4 nitrogen and oxygen atoms in total. The van der Waals surface area contributed by atoms with Crippen molar-refractivity contribution < 1.29 is 8.76 Å². The number of rotatable bonds is 4. The molecular weight excluding hydrogens is 284 g/mol. The van der Waals surface area contributed by atoms with Crippen LogP contribution in [0.4, 0.5) is 0 Å². The Bertz CT molecular complexity index is 535. The van der Waals surface area contributed by atoms with Crippen molar-refractivity contribution in [3.63, 3.8) is 0 Å². The van der Waals surface area contributed by atoms with E-state index in [4.69, 9.17) is 0 Å². The average molecular weight is 308 g/mol. The first kappa shape index (κ1) is 15.2. The van der Waals surface area contributed by atoms with Gasteiger partial charge in [0.2, 0.25) is 0 Å². The highest BCUT2D eigenvalue weighted by Crippen LogP contribution is 2.23. The second-order valence-electron chi connectivity index (χ2n) is 6.27. The first-order valence-corrected chi connectivity index (χ1v) is 8.89. The van der Waals surface area contributed by atoms with Crippen LogP contribution >= 0.6 is 0 Å². The molecule has 0 bridgehead atoms. The van der Waals surface area contributed by atoms with E-state index in [-0.39, 0.29) is 0 Å². The molecule has 21 heavy (non-hydrogen) atoms. The van der Waals surface area contributed by atoms with Crippen LogP contribution in [-0.4, -0.2) is 51.3 Å². The van der Waals surface area contributed by atoms with Gasteiger partial charge >= 0.3 is 0 Å². The van der Waals surface area contributed by atoms with E-state index in [0.29, 0.717) is 4.90 Å². The molecule has 1 N–H and O–H groups in total. The number of hydrogen-bond donors (Lipinski definition) is 1. The van der Waals surface area contributed by atoms with Crippen molar-refractivity contribution in [2.45, 2.75) is 43.2 Å². The van der Waals surface area contributed by atoms with E-state index in [1.54, 1.807) is 6.07 Å². The van der Waals surface area contributed by atoms with Crippen LogP contribution in [0.5, 0.6) is 0 Å². The highest BCUT2D eigenvalue weighted by atomic mass is 32.2. The zero-order valence-corrected chi connectivity index (χ0v) is 13.4. The normalized spacial score (nSPS) is 25.0. The Hall–Kier alpha value is -0.750. The fraction of sp³-hybridized carbons (Fsp3) is 0.625. The van der Waals surface area contributed by atoms with E-state index in [1.807, 2.05) is 12.1 Å². The minimum atomic E-state index is -1.87. The highest BCUT2D eigenvalue weighted by molar-refractivity contribution is 7.79. The number of fused-ring (bicyclic) bond motifs is 1. The summed E-state index contributed by atoms with van der Waals surface area (Å²) in [4.78, 5) is 5.48. The van der Waals surface area contributed by atoms with Crippen molar-refractivity contribution in [3.05, 3.63) is 29.3 Å². The Morgan fingerprint density at radius 3 is 2.90 bits per heavy atom. The van der Waals surface area contributed by atoms with Crippen molar-refractivity contribution >= 4 is 11.1 Å². The van der Waals surface area contributed by atoms with Gasteiger partial charge in [-0.3, -0.25) is 4.90 Å². The van der Waals surface area contributed by atoms with Crippen molar-refractivity contribution in [1.29, 1.82) is 0 Å². The molecule has 1 unspecified atom stereocenters. The van der Waals surface area contributed by atoms with E-state index in [0.717, 1.165) is 32.1 Å². The summed E-state index contributed by atoms with van der Waals surface area (Å²) >= 11 is -1.87. The van der Waals surface area contributed by atoms with Gasteiger partial charge in [0, 0.05) is 19.1 Å². The van der Waals surface area contributed by atoms with Crippen LogP contribution < -0.4 is 0 Å². The zero-order chi connectivity index (χ0) is 14.8. The summed E-state index contributed by atoms with van der Waals surface area (Å²) < 4.78 is 20.4. The van der Waals surface area contributed by atoms with E-state index in [9.17, 15) is 8.76 Å². The molecule has 0 amide bonds. The minimum absolute atomic E-state index is 0.520. The molecule has 0 saturated carbocycles. The van der Waals surface area contributed by atoms with Gasteiger partial charge in [0.15, 0.2) is 11.1 Å². The lowest BCUT2D eigenvalue weighted by atomic mass is 9.99. The van der Waals surface area contributed by atoms with Gasteiger partial charge in [-0.15, -0.1) is 0 Å². The van der Waals surface area contributed by atoms with Crippen LogP contribution in [0.1, 0.15) is 30.4 Å². The summed E-state index contributed by atoms with van der Waals surface area (Å²) in [5.41, 5.74) is 2.55. The molecule has 5 heteroatoms. The summed E-state index contributed by atoms with van der Waals surface area (Å²) in [6, 6.07) is 6.43. The standard InChI is InChI=1S/C16H24N2O2S/c1-17-8-2-3-15(17)7-10-18-9-6-13-4-5-16(21(19)20)11-14(13)12-18/h4-5,11,15H,2-3,6-10,12H2,1H3,(H,19,20)/t15-/m0/s1. The van der Waals surface area contributed by atoms with Crippen LogP contribution in [0.15, 0.2) is 23.1 Å². The third-order valence-corrected chi connectivity index (χ3v) is 5.58. The maximum absolute atomic E-state index is 11.2. The molecule has 0 radical (unpaired) electrons. The van der Waals surface area contributed by atoms with Gasteiger partial charge in [-0.2, -0.15) is 0 Å². The van der Waals surface area contributed by atoms with E-state index in [1.165, 1.54) is 36.9 Å². The molecule has 3 rings (SSSR count). The molecule has 2 atom stereocenters. The Labute approximate surface area is 129 Å². The topological polar surface area (TPSA) is 43.8 Å². The highest BCUT2D eigenvalue weighted by Gasteiger charge is 2.23. The molecule has 2 aliphatic rings. The Kier molecular flexibility index (Phi) is 4.74. The zero-order valence-electron chi connectivity index (χ0n) is 12.6. The second kappa shape index (κ2) is 6.57. The summed E-state index contributed by atoms with van der Waals surface area (Å²) in [7, 11) is 2.23. The van der Waals surface area contributed by atoms with E-state index in [2.05, 4.69) is 16.8 Å². The predicted molar refractivity (Wildman–Crippen MR) is 84.7 cm³/mol. The maximum Gasteiger partial charge on any atom is 0.186 e. The smallest absolute Gasteiger partial charge is 0.186 e. The Morgan fingerprint density at radius 1 is 1.33 bits per heavy atom. The van der Waals surface area contributed by atoms with E-state index < -0.39 is 11.1 Å². The van der Waals surface area contributed by atoms with Gasteiger partial charge in [-0.05, 0) is 69.1 Å². The Balaban J connectivity index is 1.61. The minimum Gasteiger partial charge on any atom is -0.303 e. The van der Waals surface area contributed by atoms with Gasteiger partial charge in [-0.25, -0.2) is 4.21 Å².